The Labute approximate surface area is 544 Å². The number of aromatic hydroxyl groups is 3. The molecule has 0 atom stereocenters. The van der Waals surface area contributed by atoms with E-state index >= 15 is 0 Å². The van der Waals surface area contributed by atoms with Crippen LogP contribution in [0.5, 0.6) is 51.7 Å². The molecular formula is C71H61N3O16S3. The summed E-state index contributed by atoms with van der Waals surface area (Å²) in [5.41, 5.74) is 2.89. The van der Waals surface area contributed by atoms with Crippen molar-refractivity contribution in [2.24, 2.45) is 0 Å². The Kier molecular flexibility index (Phi) is 24.7. The molecule has 0 bridgehead atoms. The van der Waals surface area contributed by atoms with Crippen molar-refractivity contribution in [3.05, 3.63) is 243 Å². The molecule has 0 fully saturated rings. The number of aliphatic carboxylic acids is 3. The minimum absolute atomic E-state index is 0.0943. The number of imidazole rings is 1. The number of phenols is 3. The number of hydrogen-bond donors (Lipinski definition) is 8. The Morgan fingerprint density at radius 1 is 0.441 bits per heavy atom. The van der Waals surface area contributed by atoms with E-state index in [1.165, 1.54) is 83.2 Å². The molecule has 12 rings (SSSR count). The van der Waals surface area contributed by atoms with Crippen molar-refractivity contribution in [2.75, 3.05) is 0 Å². The summed E-state index contributed by atoms with van der Waals surface area (Å²) in [5, 5.41) is 57.6. The maximum Gasteiger partial charge on any atom is 0.328 e. The lowest BCUT2D eigenvalue weighted by Gasteiger charge is -2.08. The van der Waals surface area contributed by atoms with Crippen molar-refractivity contribution in [3.8, 4) is 51.7 Å². The summed E-state index contributed by atoms with van der Waals surface area (Å²) < 4.78 is 25.5. The van der Waals surface area contributed by atoms with Gasteiger partial charge < -0.3 is 59.2 Å². The van der Waals surface area contributed by atoms with Gasteiger partial charge in [-0.15, -0.1) is 34.0 Å². The van der Waals surface area contributed by atoms with Crippen molar-refractivity contribution in [2.45, 2.75) is 41.5 Å². The van der Waals surface area contributed by atoms with Gasteiger partial charge in [0.05, 0.1) is 24.5 Å². The fourth-order valence-corrected chi connectivity index (χ4v) is 11.7. The monoisotopic (exact) mass is 1310 g/mol. The van der Waals surface area contributed by atoms with Crippen molar-refractivity contribution in [3.63, 3.8) is 0 Å². The average Bonchev–Trinajstić information content (AvgIpc) is 1.78. The van der Waals surface area contributed by atoms with E-state index in [-0.39, 0.29) is 40.4 Å². The Hall–Kier alpha value is -11.6. The number of ether oxygens (including phenoxy) is 3. The Bertz CT molecular complexity index is 4130. The van der Waals surface area contributed by atoms with Gasteiger partial charge in [0.1, 0.15) is 54.8 Å². The Morgan fingerprint density at radius 2 is 0.806 bits per heavy atom. The largest absolute Gasteiger partial charge is 0.508 e. The van der Waals surface area contributed by atoms with Gasteiger partial charge in [-0.3, -0.25) is 14.4 Å². The number of thiophene rings is 3. The number of aromatic nitrogens is 3. The highest BCUT2D eigenvalue weighted by atomic mass is 32.1. The van der Waals surface area contributed by atoms with E-state index in [1.54, 1.807) is 146 Å². The molecule has 0 saturated heterocycles. The van der Waals surface area contributed by atoms with Gasteiger partial charge in [-0.1, -0.05) is 77.9 Å². The molecule has 0 aliphatic carbocycles. The number of fused-ring (bicyclic) bond motifs is 3. The molecule has 0 amide bonds. The van der Waals surface area contributed by atoms with Crippen LogP contribution in [0.1, 0.15) is 104 Å². The third kappa shape index (κ3) is 18.1. The van der Waals surface area contributed by atoms with Crippen molar-refractivity contribution in [1.29, 1.82) is 0 Å². The van der Waals surface area contributed by atoms with Crippen LogP contribution in [-0.4, -0.2) is 80.8 Å². The highest BCUT2D eigenvalue weighted by Crippen LogP contribution is 2.46. The van der Waals surface area contributed by atoms with Crippen LogP contribution in [0.15, 0.2) is 199 Å². The number of phenolic OH excluding ortho intramolecular Hbond substituents is 3. The molecule has 22 heteroatoms. The smallest absolute Gasteiger partial charge is 0.328 e. The van der Waals surface area contributed by atoms with Crippen molar-refractivity contribution < 1.29 is 78.0 Å². The predicted molar refractivity (Wildman–Crippen MR) is 362 cm³/mol. The van der Waals surface area contributed by atoms with Gasteiger partial charge in [-0.25, -0.2) is 19.4 Å². The van der Waals surface area contributed by atoms with Gasteiger partial charge >= 0.3 is 17.9 Å². The Balaban J connectivity index is 0.000000190. The van der Waals surface area contributed by atoms with E-state index in [1.807, 2.05) is 41.5 Å². The minimum atomic E-state index is -1.03. The highest BCUT2D eigenvalue weighted by molar-refractivity contribution is 7.22. The third-order valence-electron chi connectivity index (χ3n) is 12.4. The SMILES string of the molecule is CC.CC.CC.O=C(O)/C=C/c1ccc(Oc2c(C(=O)c3ccc[nH]3)sc3cc(O)ccc23)cc1.O=C(O)/C=C/c1ccc(Oc2c(C(=O)c3ccco3)sc3cc(O)ccc23)cc1.O=C(O)/C=C/c1ccc(Oc2c(C(=O)c3cnc[nH]3)sc3cc(O)ccc23)cc1. The average molecular weight is 1310 g/mol. The van der Waals surface area contributed by atoms with Crippen molar-refractivity contribution in [1.82, 2.24) is 15.0 Å². The summed E-state index contributed by atoms with van der Waals surface area (Å²) in [6.07, 6.45) is 13.6. The van der Waals surface area contributed by atoms with Crippen LogP contribution in [0.2, 0.25) is 0 Å². The van der Waals surface area contributed by atoms with E-state index in [0.717, 1.165) is 28.3 Å². The number of aromatic amines is 2. The van der Waals surface area contributed by atoms with E-state index in [0.29, 0.717) is 97.4 Å². The van der Waals surface area contributed by atoms with Crippen LogP contribution in [0.3, 0.4) is 0 Å². The molecule has 8 N–H and O–H groups in total. The number of rotatable bonds is 18. The van der Waals surface area contributed by atoms with Gasteiger partial charge in [0.25, 0.3) is 0 Å². The number of nitrogens with one attached hydrogen (secondary N) is 2. The van der Waals surface area contributed by atoms with Crippen LogP contribution in [-0.2, 0) is 14.4 Å². The van der Waals surface area contributed by atoms with Crippen LogP contribution < -0.4 is 14.2 Å². The van der Waals surface area contributed by atoms with Crippen molar-refractivity contribution >= 4 is 118 Å². The number of nitrogens with zero attached hydrogens (tertiary/aromatic N) is 1. The van der Waals surface area contributed by atoms with Crippen LogP contribution >= 0.6 is 34.0 Å². The molecule has 0 spiro atoms. The second-order valence-corrected chi connectivity index (χ2v) is 21.5. The molecule has 0 radical (unpaired) electrons. The van der Waals surface area contributed by atoms with E-state index in [9.17, 15) is 44.1 Å². The van der Waals surface area contributed by atoms with Gasteiger partial charge in [0.2, 0.25) is 17.3 Å². The standard InChI is InChI=1S/C22H15NO5S.C22H14O6S.C21H14N2O5S.3C2H6/c24-14-6-9-16-18(12-14)29-22(20(27)17-2-1-11-23-17)21(16)28-15-7-3-13(4-8-15)5-10-19(25)26;23-14-6-9-16-18(12-14)29-22(20(26)17-2-1-11-27-17)21(16)28-15-7-3-13(4-8-15)5-10-19(24)25;24-13-4-7-15-17(9-13)29-21(19(27)16-10-22-11-23-16)20(15)28-14-5-1-12(2-6-14)3-8-18(25)26;3*1-2/h1-12,23-24H,(H,25,26);1-12,23H,(H,24,25);1-11,24H,(H,22,23)(H,25,26);3*1-2H3/b2*10-5+;8-3+;;;. The third-order valence-corrected chi connectivity index (χ3v) is 15.8. The first kappa shape index (κ1) is 68.9. The first-order valence-electron chi connectivity index (χ1n) is 28.7. The molecule has 6 aromatic carbocycles. The molecule has 93 heavy (non-hydrogen) atoms. The number of carbonyl (C=O) groups excluding carboxylic acids is 3. The number of hydrogen-bond acceptors (Lipinski definition) is 17. The highest BCUT2D eigenvalue weighted by Gasteiger charge is 2.26. The fraction of sp³-hybridized carbons (Fsp3) is 0.0845. The number of H-pyrrole nitrogens is 2. The van der Waals surface area contributed by atoms with Crippen LogP contribution in [0, 0.1) is 0 Å². The number of benzene rings is 6. The minimum Gasteiger partial charge on any atom is -0.508 e. The molecule has 0 unspecified atom stereocenters. The van der Waals surface area contributed by atoms with E-state index in [4.69, 9.17) is 33.9 Å². The topological polar surface area (TPSA) is 309 Å². The summed E-state index contributed by atoms with van der Waals surface area (Å²) >= 11 is 3.67. The zero-order valence-electron chi connectivity index (χ0n) is 50.6. The lowest BCUT2D eigenvalue weighted by molar-refractivity contribution is -0.132. The molecule has 0 aliphatic rings. The van der Waals surface area contributed by atoms with Gasteiger partial charge in [0, 0.05) is 54.7 Å². The van der Waals surface area contributed by atoms with Gasteiger partial charge in [-0.05, 0) is 150 Å². The maximum absolute atomic E-state index is 12.9. The zero-order valence-corrected chi connectivity index (χ0v) is 53.1. The first-order valence-corrected chi connectivity index (χ1v) is 31.1. The second kappa shape index (κ2) is 33.3. The molecule has 19 nitrogen and oxygen atoms in total. The fourth-order valence-electron chi connectivity index (χ4n) is 8.35. The number of furan rings is 1. The molecule has 6 aromatic heterocycles. The second-order valence-electron chi connectivity index (χ2n) is 18.4. The maximum atomic E-state index is 12.9. The van der Waals surface area contributed by atoms with E-state index in [2.05, 4.69) is 15.0 Å². The number of carbonyl (C=O) groups is 6. The molecule has 6 heterocycles. The summed E-state index contributed by atoms with van der Waals surface area (Å²) in [6, 6.07) is 41.6. The molecule has 0 aliphatic heterocycles. The van der Waals surface area contributed by atoms with Crippen LogP contribution in [0.25, 0.3) is 48.5 Å². The summed E-state index contributed by atoms with van der Waals surface area (Å²) in [7, 11) is 0. The van der Waals surface area contributed by atoms with Crippen LogP contribution in [0.4, 0.5) is 0 Å². The van der Waals surface area contributed by atoms with E-state index < -0.39 is 17.9 Å². The first-order chi connectivity index (χ1) is 45.0. The lowest BCUT2D eigenvalue weighted by atomic mass is 10.1. The zero-order chi connectivity index (χ0) is 67.1. The molecule has 0 saturated carbocycles. The molecule has 474 valence electrons. The van der Waals surface area contributed by atoms with Gasteiger partial charge in [0.15, 0.2) is 23.0 Å². The number of carboxylic acid groups (broad SMARTS) is 3. The summed E-state index contributed by atoms with van der Waals surface area (Å²) in [6.45, 7) is 12.0. The van der Waals surface area contributed by atoms with Gasteiger partial charge in [-0.2, -0.15) is 0 Å². The Morgan fingerprint density at radius 3 is 1.12 bits per heavy atom. The summed E-state index contributed by atoms with van der Waals surface area (Å²) in [5.74, 6) is -0.704. The number of carboxylic acids is 3. The normalized spacial score (nSPS) is 10.6. The number of ketones is 3. The quantitative estimate of drug-likeness (QED) is 0.0292. The summed E-state index contributed by atoms with van der Waals surface area (Å²) in [4.78, 5) is 81.4. The predicted octanol–water partition coefficient (Wildman–Crippen LogP) is 17.9. The lowest BCUT2D eigenvalue weighted by Crippen LogP contribution is -2.01. The molecule has 12 aromatic rings. The molecular weight excluding hydrogens is 1250 g/mol.